The van der Waals surface area contributed by atoms with Gasteiger partial charge in [0, 0.05) is 27.8 Å². The first-order valence-corrected chi connectivity index (χ1v) is 7.55. The number of hydrazine groups is 1. The smallest absolute Gasteiger partial charge is 0.0733 e. The molecule has 0 aliphatic carbocycles. The zero-order valence-electron chi connectivity index (χ0n) is 11.7. The number of benzene rings is 2. The second-order valence-electron chi connectivity index (χ2n) is 5.05. The quantitative estimate of drug-likeness (QED) is 0.561. The van der Waals surface area contributed by atoms with Crippen molar-refractivity contribution in [3.05, 3.63) is 76.0 Å². The molecule has 0 saturated carbocycles. The first-order valence-electron chi connectivity index (χ1n) is 6.75. The first kappa shape index (κ1) is 14.2. The molecule has 0 aliphatic rings. The molecule has 0 spiro atoms. The van der Waals surface area contributed by atoms with Crippen LogP contribution >= 0.6 is 15.9 Å². The Morgan fingerprint density at radius 3 is 2.67 bits per heavy atom. The number of aromatic nitrogens is 1. The van der Waals surface area contributed by atoms with Gasteiger partial charge >= 0.3 is 0 Å². The third kappa shape index (κ3) is 2.70. The van der Waals surface area contributed by atoms with Gasteiger partial charge in [0.15, 0.2) is 0 Å². The zero-order chi connectivity index (χ0) is 14.8. The lowest BCUT2D eigenvalue weighted by atomic mass is 9.93. The SMILES string of the molecule is Cc1cc(Br)ccc1C(NN)c1cncc2ccccc12. The number of nitrogens with one attached hydrogen (secondary N) is 1. The predicted octanol–water partition coefficient (Wildman–Crippen LogP) is 3.86. The highest BCUT2D eigenvalue weighted by atomic mass is 79.9. The van der Waals surface area contributed by atoms with E-state index in [1.165, 1.54) is 5.56 Å². The fraction of sp³-hybridized carbons (Fsp3) is 0.118. The van der Waals surface area contributed by atoms with Gasteiger partial charge in [-0.25, -0.2) is 5.43 Å². The molecular weight excluding hydrogens is 326 g/mol. The molecule has 3 aromatic rings. The lowest BCUT2D eigenvalue weighted by molar-refractivity contribution is 0.635. The summed E-state index contributed by atoms with van der Waals surface area (Å²) in [5.41, 5.74) is 6.35. The molecule has 0 fully saturated rings. The summed E-state index contributed by atoms with van der Waals surface area (Å²) in [4.78, 5) is 4.35. The third-order valence-electron chi connectivity index (χ3n) is 3.72. The second kappa shape index (κ2) is 5.93. The summed E-state index contributed by atoms with van der Waals surface area (Å²) in [5, 5.41) is 2.28. The largest absolute Gasteiger partial charge is 0.271 e. The molecule has 1 heterocycles. The van der Waals surface area contributed by atoms with Crippen LogP contribution in [0, 0.1) is 6.92 Å². The lowest BCUT2D eigenvalue weighted by Gasteiger charge is -2.20. The van der Waals surface area contributed by atoms with E-state index >= 15 is 0 Å². The van der Waals surface area contributed by atoms with E-state index < -0.39 is 0 Å². The Labute approximate surface area is 132 Å². The molecule has 4 heteroatoms. The monoisotopic (exact) mass is 341 g/mol. The van der Waals surface area contributed by atoms with E-state index in [1.54, 1.807) is 0 Å². The highest BCUT2D eigenvalue weighted by Crippen LogP contribution is 2.30. The maximum Gasteiger partial charge on any atom is 0.0733 e. The Kier molecular flexibility index (Phi) is 4.01. The molecule has 0 bridgehead atoms. The molecule has 2 aromatic carbocycles. The first-order chi connectivity index (χ1) is 10.2. The summed E-state index contributed by atoms with van der Waals surface area (Å²) >= 11 is 3.50. The Morgan fingerprint density at radius 2 is 1.90 bits per heavy atom. The van der Waals surface area contributed by atoms with Crippen molar-refractivity contribution in [2.75, 3.05) is 0 Å². The molecule has 106 valence electrons. The molecule has 0 radical (unpaired) electrons. The van der Waals surface area contributed by atoms with Crippen molar-refractivity contribution in [1.29, 1.82) is 0 Å². The van der Waals surface area contributed by atoms with E-state index in [4.69, 9.17) is 5.84 Å². The molecule has 3 nitrogen and oxygen atoms in total. The number of fused-ring (bicyclic) bond motifs is 1. The van der Waals surface area contributed by atoms with Crippen molar-refractivity contribution < 1.29 is 0 Å². The molecule has 3 N–H and O–H groups in total. The molecule has 0 amide bonds. The van der Waals surface area contributed by atoms with Crippen LogP contribution in [0.4, 0.5) is 0 Å². The van der Waals surface area contributed by atoms with Crippen LogP contribution in [-0.4, -0.2) is 4.98 Å². The van der Waals surface area contributed by atoms with E-state index in [1.807, 2.05) is 30.6 Å². The van der Waals surface area contributed by atoms with Crippen LogP contribution in [0.3, 0.4) is 0 Å². The van der Waals surface area contributed by atoms with Crippen molar-refractivity contribution in [2.45, 2.75) is 13.0 Å². The van der Waals surface area contributed by atoms with E-state index in [0.29, 0.717) is 0 Å². The van der Waals surface area contributed by atoms with Gasteiger partial charge in [-0.15, -0.1) is 0 Å². The van der Waals surface area contributed by atoms with Gasteiger partial charge in [0.1, 0.15) is 0 Å². The molecular formula is C17H16BrN3. The number of aryl methyl sites for hydroxylation is 1. The van der Waals surface area contributed by atoms with Crippen LogP contribution in [0.2, 0.25) is 0 Å². The maximum absolute atomic E-state index is 5.85. The molecule has 1 aromatic heterocycles. The van der Waals surface area contributed by atoms with Gasteiger partial charge in [0.05, 0.1) is 6.04 Å². The number of rotatable bonds is 3. The van der Waals surface area contributed by atoms with Gasteiger partial charge in [0.2, 0.25) is 0 Å². The molecule has 3 rings (SSSR count). The number of halogens is 1. The third-order valence-corrected chi connectivity index (χ3v) is 4.21. The zero-order valence-corrected chi connectivity index (χ0v) is 13.3. The molecule has 1 atom stereocenters. The second-order valence-corrected chi connectivity index (χ2v) is 5.97. The van der Waals surface area contributed by atoms with Gasteiger partial charge < -0.3 is 0 Å². The minimum atomic E-state index is -0.0864. The Balaban J connectivity index is 2.18. The minimum absolute atomic E-state index is 0.0864. The van der Waals surface area contributed by atoms with Crippen molar-refractivity contribution in [2.24, 2.45) is 5.84 Å². The number of hydrogen-bond acceptors (Lipinski definition) is 3. The van der Waals surface area contributed by atoms with Crippen LogP contribution in [0.15, 0.2) is 59.3 Å². The van der Waals surface area contributed by atoms with E-state index in [9.17, 15) is 0 Å². The molecule has 21 heavy (non-hydrogen) atoms. The van der Waals surface area contributed by atoms with Crippen LogP contribution in [-0.2, 0) is 0 Å². The number of hydrogen-bond donors (Lipinski definition) is 2. The fourth-order valence-electron chi connectivity index (χ4n) is 2.68. The van der Waals surface area contributed by atoms with Gasteiger partial charge in [-0.1, -0.05) is 46.3 Å². The lowest BCUT2D eigenvalue weighted by Crippen LogP contribution is -2.29. The van der Waals surface area contributed by atoms with Crippen LogP contribution in [0.1, 0.15) is 22.7 Å². The van der Waals surface area contributed by atoms with Crippen molar-refractivity contribution in [3.63, 3.8) is 0 Å². The highest BCUT2D eigenvalue weighted by molar-refractivity contribution is 9.10. The maximum atomic E-state index is 5.85. The van der Waals surface area contributed by atoms with Gasteiger partial charge in [-0.3, -0.25) is 10.8 Å². The Bertz CT molecular complexity index is 781. The van der Waals surface area contributed by atoms with Crippen LogP contribution in [0.25, 0.3) is 10.8 Å². The average molecular weight is 342 g/mol. The van der Waals surface area contributed by atoms with E-state index in [2.05, 4.69) is 57.5 Å². The Hall–Kier alpha value is -1.75. The summed E-state index contributed by atoms with van der Waals surface area (Å²) < 4.78 is 1.07. The van der Waals surface area contributed by atoms with Gasteiger partial charge in [0.25, 0.3) is 0 Å². The average Bonchev–Trinajstić information content (AvgIpc) is 2.50. The number of nitrogens with zero attached hydrogens (tertiary/aromatic N) is 1. The highest BCUT2D eigenvalue weighted by Gasteiger charge is 2.17. The summed E-state index contributed by atoms with van der Waals surface area (Å²) in [7, 11) is 0. The summed E-state index contributed by atoms with van der Waals surface area (Å²) in [6.45, 7) is 2.09. The predicted molar refractivity (Wildman–Crippen MR) is 89.8 cm³/mol. The van der Waals surface area contributed by atoms with Gasteiger partial charge in [-0.05, 0) is 35.6 Å². The van der Waals surface area contributed by atoms with Crippen LogP contribution < -0.4 is 11.3 Å². The summed E-state index contributed by atoms with van der Waals surface area (Å²) in [6.07, 6.45) is 3.76. The van der Waals surface area contributed by atoms with Crippen molar-refractivity contribution in [3.8, 4) is 0 Å². The summed E-state index contributed by atoms with van der Waals surface area (Å²) in [6, 6.07) is 14.3. The standard InChI is InChI=1S/C17H16BrN3/c1-11-8-13(18)6-7-14(11)17(21-19)16-10-20-9-12-4-2-3-5-15(12)16/h2-10,17,21H,19H2,1H3. The number of pyridine rings is 1. The molecule has 1 unspecified atom stereocenters. The fourth-order valence-corrected chi connectivity index (χ4v) is 3.16. The van der Waals surface area contributed by atoms with Gasteiger partial charge in [-0.2, -0.15) is 0 Å². The molecule has 0 saturated heterocycles. The summed E-state index contributed by atoms with van der Waals surface area (Å²) in [5.74, 6) is 5.85. The Morgan fingerprint density at radius 1 is 1.10 bits per heavy atom. The minimum Gasteiger partial charge on any atom is -0.271 e. The van der Waals surface area contributed by atoms with Crippen LogP contribution in [0.5, 0.6) is 0 Å². The van der Waals surface area contributed by atoms with E-state index in [0.717, 1.165) is 26.4 Å². The molecule has 0 aliphatic heterocycles. The normalized spacial score (nSPS) is 12.5. The van der Waals surface area contributed by atoms with Crippen molar-refractivity contribution in [1.82, 2.24) is 10.4 Å². The van der Waals surface area contributed by atoms with Crippen molar-refractivity contribution >= 4 is 26.7 Å². The topological polar surface area (TPSA) is 50.9 Å². The number of nitrogens with two attached hydrogens (primary N) is 1. The van der Waals surface area contributed by atoms with E-state index in [-0.39, 0.29) is 6.04 Å².